The van der Waals surface area contributed by atoms with Gasteiger partial charge in [0, 0.05) is 17.6 Å². The monoisotopic (exact) mass is 361 g/mol. The van der Waals surface area contributed by atoms with Gasteiger partial charge in [-0.25, -0.2) is 9.89 Å². The molecule has 1 aromatic heterocycles. The average Bonchev–Trinajstić information content (AvgIpc) is 2.68. The summed E-state index contributed by atoms with van der Waals surface area (Å²) in [7, 11) is 0. The maximum Gasteiger partial charge on any atom is 0.343 e. The van der Waals surface area contributed by atoms with Crippen LogP contribution >= 0.6 is 27.7 Å². The Hall–Kier alpha value is -0.230. The van der Waals surface area contributed by atoms with E-state index in [1.54, 1.807) is 16.3 Å². The van der Waals surface area contributed by atoms with Crippen molar-refractivity contribution in [2.75, 3.05) is 11.1 Å². The number of aromatic nitrogens is 3. The second-order valence-electron chi connectivity index (χ2n) is 5.80. The van der Waals surface area contributed by atoms with Gasteiger partial charge in [0.1, 0.15) is 0 Å². The Balaban J connectivity index is 2.04. The van der Waals surface area contributed by atoms with Gasteiger partial charge in [0.15, 0.2) is 5.16 Å². The molecule has 0 aliphatic heterocycles. The molecule has 1 heterocycles. The first-order valence-corrected chi connectivity index (χ1v) is 9.65. The van der Waals surface area contributed by atoms with Crippen molar-refractivity contribution in [3.05, 3.63) is 10.5 Å². The van der Waals surface area contributed by atoms with E-state index in [1.807, 2.05) is 0 Å². The zero-order chi connectivity index (χ0) is 14.4. The summed E-state index contributed by atoms with van der Waals surface area (Å²) < 4.78 is 1.77. The van der Waals surface area contributed by atoms with Crippen LogP contribution in [0.5, 0.6) is 0 Å². The van der Waals surface area contributed by atoms with Crippen LogP contribution < -0.4 is 5.69 Å². The third-order valence-electron chi connectivity index (χ3n) is 4.13. The molecule has 0 atom stereocenters. The molecule has 0 unspecified atom stereocenters. The number of aromatic amines is 1. The molecule has 0 aromatic carbocycles. The van der Waals surface area contributed by atoms with Crippen molar-refractivity contribution in [3.63, 3.8) is 0 Å². The molecule has 1 aliphatic rings. The lowest BCUT2D eigenvalue weighted by Crippen LogP contribution is -2.25. The number of hydrogen-bond donors (Lipinski definition) is 1. The Labute approximate surface area is 133 Å². The quantitative estimate of drug-likeness (QED) is 0.476. The van der Waals surface area contributed by atoms with Gasteiger partial charge in [-0.2, -0.15) is 0 Å². The normalized spacial score (nSPS) is 18.9. The van der Waals surface area contributed by atoms with Crippen molar-refractivity contribution in [1.82, 2.24) is 14.8 Å². The topological polar surface area (TPSA) is 50.7 Å². The smallest absolute Gasteiger partial charge is 0.270 e. The molecule has 20 heavy (non-hydrogen) atoms. The van der Waals surface area contributed by atoms with Crippen LogP contribution in [0.1, 0.15) is 51.9 Å². The number of H-pyrrole nitrogens is 1. The van der Waals surface area contributed by atoms with Crippen molar-refractivity contribution >= 4 is 27.7 Å². The van der Waals surface area contributed by atoms with E-state index in [0.29, 0.717) is 5.41 Å². The molecule has 1 aromatic rings. The number of alkyl halides is 1. The third kappa shape index (κ3) is 3.91. The molecule has 1 saturated carbocycles. The van der Waals surface area contributed by atoms with Crippen molar-refractivity contribution in [3.8, 4) is 0 Å². The summed E-state index contributed by atoms with van der Waals surface area (Å²) in [6.07, 6.45) is 8.91. The lowest BCUT2D eigenvalue weighted by atomic mass is 9.85. The fourth-order valence-electron chi connectivity index (χ4n) is 2.85. The zero-order valence-corrected chi connectivity index (χ0v) is 14.6. The zero-order valence-electron chi connectivity index (χ0n) is 12.2. The van der Waals surface area contributed by atoms with Gasteiger partial charge in [0.25, 0.3) is 0 Å². The van der Waals surface area contributed by atoms with Crippen LogP contribution in [0.3, 0.4) is 0 Å². The van der Waals surface area contributed by atoms with Crippen LogP contribution in [-0.4, -0.2) is 25.8 Å². The summed E-state index contributed by atoms with van der Waals surface area (Å²) in [5, 5.41) is 8.66. The minimum absolute atomic E-state index is 0.0805. The van der Waals surface area contributed by atoms with E-state index < -0.39 is 0 Å². The van der Waals surface area contributed by atoms with Gasteiger partial charge in [-0.1, -0.05) is 60.3 Å². The van der Waals surface area contributed by atoms with Crippen molar-refractivity contribution < 1.29 is 0 Å². The number of thioether (sulfide) groups is 1. The highest BCUT2D eigenvalue weighted by atomic mass is 79.9. The highest BCUT2D eigenvalue weighted by molar-refractivity contribution is 9.09. The third-order valence-corrected chi connectivity index (χ3v) is 6.64. The second kappa shape index (κ2) is 7.69. The molecule has 0 saturated heterocycles. The highest BCUT2D eigenvalue weighted by Gasteiger charge is 2.30. The van der Waals surface area contributed by atoms with Crippen LogP contribution in [-0.2, 0) is 6.54 Å². The average molecular weight is 362 g/mol. The van der Waals surface area contributed by atoms with Crippen LogP contribution in [0.25, 0.3) is 0 Å². The number of nitrogens with one attached hydrogen (secondary N) is 1. The van der Waals surface area contributed by atoms with E-state index in [1.165, 1.54) is 38.5 Å². The molecule has 1 aliphatic carbocycles. The Bertz CT molecular complexity index is 463. The van der Waals surface area contributed by atoms with Gasteiger partial charge in [-0.05, 0) is 24.7 Å². The first-order chi connectivity index (χ1) is 9.71. The largest absolute Gasteiger partial charge is 0.343 e. The fourth-order valence-corrected chi connectivity index (χ4v) is 5.13. The summed E-state index contributed by atoms with van der Waals surface area (Å²) in [6.45, 7) is 2.83. The minimum Gasteiger partial charge on any atom is -0.270 e. The maximum atomic E-state index is 11.7. The number of halogens is 1. The van der Waals surface area contributed by atoms with Crippen LogP contribution in [0.4, 0.5) is 0 Å². The molecular formula is C14H24BrN3OS. The van der Waals surface area contributed by atoms with Crippen LogP contribution in [0.15, 0.2) is 9.95 Å². The summed E-state index contributed by atoms with van der Waals surface area (Å²) in [5.74, 6) is 1.05. The fraction of sp³-hybridized carbons (Fsp3) is 0.857. The van der Waals surface area contributed by atoms with Gasteiger partial charge in [-0.3, -0.25) is 4.57 Å². The summed E-state index contributed by atoms with van der Waals surface area (Å²) in [5.41, 5.74) is 0.288. The molecule has 6 heteroatoms. The van der Waals surface area contributed by atoms with E-state index in [-0.39, 0.29) is 5.69 Å². The molecule has 1 fully saturated rings. The first kappa shape index (κ1) is 16.1. The Kier molecular flexibility index (Phi) is 6.20. The molecule has 1 N–H and O–H groups in total. The molecule has 2 rings (SSSR count). The molecular weight excluding hydrogens is 338 g/mol. The van der Waals surface area contributed by atoms with Gasteiger partial charge in [0.2, 0.25) is 0 Å². The molecule has 0 amide bonds. The lowest BCUT2D eigenvalue weighted by molar-refractivity contribution is 0.334. The van der Waals surface area contributed by atoms with Gasteiger partial charge < -0.3 is 0 Å². The number of rotatable bonds is 6. The Morgan fingerprint density at radius 2 is 2.05 bits per heavy atom. The van der Waals surface area contributed by atoms with Crippen LogP contribution in [0.2, 0.25) is 0 Å². The maximum absolute atomic E-state index is 11.7. The van der Waals surface area contributed by atoms with E-state index in [0.717, 1.165) is 29.2 Å². The molecule has 0 radical (unpaired) electrons. The van der Waals surface area contributed by atoms with Gasteiger partial charge >= 0.3 is 5.69 Å². The predicted molar refractivity (Wildman–Crippen MR) is 87.8 cm³/mol. The summed E-state index contributed by atoms with van der Waals surface area (Å²) in [6, 6.07) is 0. The van der Waals surface area contributed by atoms with E-state index in [4.69, 9.17) is 0 Å². The van der Waals surface area contributed by atoms with E-state index >= 15 is 0 Å². The lowest BCUT2D eigenvalue weighted by Gasteiger charge is -2.30. The van der Waals surface area contributed by atoms with Crippen molar-refractivity contribution in [2.24, 2.45) is 5.41 Å². The number of hydrogen-bond acceptors (Lipinski definition) is 3. The van der Waals surface area contributed by atoms with Crippen molar-refractivity contribution in [1.29, 1.82) is 0 Å². The van der Waals surface area contributed by atoms with Crippen molar-refractivity contribution in [2.45, 2.75) is 63.6 Å². The molecule has 0 spiro atoms. The predicted octanol–water partition coefficient (Wildman–Crippen LogP) is 3.81. The summed E-state index contributed by atoms with van der Waals surface area (Å²) in [4.78, 5) is 11.7. The van der Waals surface area contributed by atoms with E-state index in [2.05, 4.69) is 33.1 Å². The number of nitrogens with zero attached hydrogens (tertiary/aromatic N) is 2. The molecule has 0 bridgehead atoms. The van der Waals surface area contributed by atoms with Gasteiger partial charge in [0.05, 0.1) is 0 Å². The minimum atomic E-state index is -0.0805. The van der Waals surface area contributed by atoms with Gasteiger partial charge in [-0.15, -0.1) is 5.10 Å². The standard InChI is InChI=1S/C14H24BrN3OS/c1-2-9-18-12(19)16-17-13(18)20-11-14(10-15)7-5-3-4-6-8-14/h2-11H2,1H3,(H,16,19). The highest BCUT2D eigenvalue weighted by Crippen LogP contribution is 2.40. The Morgan fingerprint density at radius 3 is 2.65 bits per heavy atom. The summed E-state index contributed by atoms with van der Waals surface area (Å²) >= 11 is 5.46. The second-order valence-corrected chi connectivity index (χ2v) is 7.30. The molecule has 114 valence electrons. The van der Waals surface area contributed by atoms with Crippen LogP contribution in [0, 0.1) is 5.41 Å². The SMILES string of the molecule is CCCn1c(SCC2(CBr)CCCCCC2)n[nH]c1=O. The van der Waals surface area contributed by atoms with E-state index in [9.17, 15) is 4.79 Å². The Morgan fingerprint density at radius 1 is 1.35 bits per heavy atom. The molecule has 4 nitrogen and oxygen atoms in total. The first-order valence-electron chi connectivity index (χ1n) is 7.55.